The molecule has 1 saturated carbocycles. The van der Waals surface area contributed by atoms with Crippen LogP contribution in [0.4, 0.5) is 0 Å². The highest BCUT2D eigenvalue weighted by Crippen LogP contribution is 2.31. The van der Waals surface area contributed by atoms with Crippen molar-refractivity contribution in [2.24, 2.45) is 23.5 Å². The zero-order chi connectivity index (χ0) is 11.7. The molecular formula is C13H22N2O. The van der Waals surface area contributed by atoms with Crippen LogP contribution < -0.4 is 11.1 Å². The van der Waals surface area contributed by atoms with Crippen molar-refractivity contribution in [1.82, 2.24) is 5.32 Å². The standard InChI is InChI=1S/C13H22N2O/c1-8-3-6-12(9(8)2)15-13(16)10-4-5-11(14)7-10/h4-5,8-12H,3,6-7,14H2,1-2H3,(H,15,16). The van der Waals surface area contributed by atoms with E-state index in [-0.39, 0.29) is 17.9 Å². The van der Waals surface area contributed by atoms with Gasteiger partial charge >= 0.3 is 0 Å². The summed E-state index contributed by atoms with van der Waals surface area (Å²) in [6.45, 7) is 4.50. The molecule has 1 fully saturated rings. The third kappa shape index (κ3) is 2.29. The lowest BCUT2D eigenvalue weighted by atomic mass is 9.97. The van der Waals surface area contributed by atoms with Crippen molar-refractivity contribution in [3.63, 3.8) is 0 Å². The second-order valence-electron chi connectivity index (χ2n) is 5.42. The van der Waals surface area contributed by atoms with Gasteiger partial charge in [-0.1, -0.05) is 26.0 Å². The number of carbonyl (C=O) groups excluding carboxylic acids is 1. The van der Waals surface area contributed by atoms with E-state index in [4.69, 9.17) is 5.73 Å². The van der Waals surface area contributed by atoms with Crippen LogP contribution in [0.15, 0.2) is 12.2 Å². The fourth-order valence-electron chi connectivity index (χ4n) is 2.78. The van der Waals surface area contributed by atoms with Gasteiger partial charge in [-0.2, -0.15) is 0 Å². The molecule has 16 heavy (non-hydrogen) atoms. The Morgan fingerprint density at radius 1 is 1.31 bits per heavy atom. The molecule has 0 aromatic carbocycles. The Labute approximate surface area is 97.5 Å². The number of hydrogen-bond donors (Lipinski definition) is 2. The first-order valence-electron chi connectivity index (χ1n) is 6.32. The van der Waals surface area contributed by atoms with Crippen molar-refractivity contribution >= 4 is 5.91 Å². The molecule has 3 nitrogen and oxygen atoms in total. The van der Waals surface area contributed by atoms with Crippen LogP contribution in [0, 0.1) is 17.8 Å². The number of rotatable bonds is 2. The van der Waals surface area contributed by atoms with Crippen molar-refractivity contribution in [1.29, 1.82) is 0 Å². The van der Waals surface area contributed by atoms with Gasteiger partial charge in [0.25, 0.3) is 0 Å². The molecule has 3 N–H and O–H groups in total. The number of nitrogens with one attached hydrogen (secondary N) is 1. The Hall–Kier alpha value is -0.830. The van der Waals surface area contributed by atoms with Crippen LogP contribution in [0.3, 0.4) is 0 Å². The fraction of sp³-hybridized carbons (Fsp3) is 0.769. The SMILES string of the molecule is CC1CCC(NC(=O)C2C=CC(N)C2)C1C. The molecule has 2 aliphatic carbocycles. The van der Waals surface area contributed by atoms with E-state index in [0.717, 1.165) is 18.8 Å². The van der Waals surface area contributed by atoms with Gasteiger partial charge in [-0.25, -0.2) is 0 Å². The van der Waals surface area contributed by atoms with Crippen LogP contribution >= 0.6 is 0 Å². The highest BCUT2D eigenvalue weighted by molar-refractivity contribution is 5.81. The lowest BCUT2D eigenvalue weighted by molar-refractivity contribution is -0.124. The first-order chi connectivity index (χ1) is 7.58. The molecular weight excluding hydrogens is 200 g/mol. The summed E-state index contributed by atoms with van der Waals surface area (Å²) in [5.74, 6) is 1.49. The average molecular weight is 222 g/mol. The van der Waals surface area contributed by atoms with Gasteiger partial charge in [-0.3, -0.25) is 4.79 Å². The maximum Gasteiger partial charge on any atom is 0.227 e. The summed E-state index contributed by atoms with van der Waals surface area (Å²) in [5, 5.41) is 3.18. The normalized spacial score (nSPS) is 42.6. The minimum Gasteiger partial charge on any atom is -0.353 e. The topological polar surface area (TPSA) is 55.1 Å². The van der Waals surface area contributed by atoms with Gasteiger partial charge in [0.05, 0.1) is 5.92 Å². The van der Waals surface area contributed by atoms with E-state index in [1.54, 1.807) is 0 Å². The Bertz CT molecular complexity index is 300. The quantitative estimate of drug-likeness (QED) is 0.695. The number of nitrogens with two attached hydrogens (primary N) is 1. The molecule has 0 bridgehead atoms. The molecule has 2 aliphatic rings. The summed E-state index contributed by atoms with van der Waals surface area (Å²) in [6.07, 6.45) is 7.00. The largest absolute Gasteiger partial charge is 0.353 e. The summed E-state index contributed by atoms with van der Waals surface area (Å²) in [6, 6.07) is 0.434. The van der Waals surface area contributed by atoms with Crippen LogP contribution in [0.5, 0.6) is 0 Å². The Morgan fingerprint density at radius 2 is 2.06 bits per heavy atom. The first kappa shape index (κ1) is 11.6. The van der Waals surface area contributed by atoms with Crippen LogP contribution in [-0.4, -0.2) is 18.0 Å². The molecule has 0 aromatic heterocycles. The lowest BCUT2D eigenvalue weighted by Crippen LogP contribution is -2.40. The van der Waals surface area contributed by atoms with Crippen LogP contribution in [-0.2, 0) is 4.79 Å². The van der Waals surface area contributed by atoms with E-state index in [2.05, 4.69) is 19.2 Å². The third-order valence-corrected chi connectivity index (χ3v) is 4.25. The van der Waals surface area contributed by atoms with Crippen molar-refractivity contribution in [3.8, 4) is 0 Å². The zero-order valence-corrected chi connectivity index (χ0v) is 10.1. The second kappa shape index (κ2) is 4.58. The van der Waals surface area contributed by atoms with Gasteiger partial charge in [0.15, 0.2) is 0 Å². The second-order valence-corrected chi connectivity index (χ2v) is 5.42. The molecule has 0 aromatic rings. The molecule has 5 unspecified atom stereocenters. The predicted octanol–water partition coefficient (Wildman–Crippen LogP) is 1.44. The van der Waals surface area contributed by atoms with E-state index in [0.29, 0.717) is 12.0 Å². The molecule has 0 saturated heterocycles. The van der Waals surface area contributed by atoms with Gasteiger partial charge in [-0.05, 0) is 31.1 Å². The monoisotopic (exact) mass is 222 g/mol. The van der Waals surface area contributed by atoms with Gasteiger partial charge in [0, 0.05) is 12.1 Å². The van der Waals surface area contributed by atoms with Crippen molar-refractivity contribution in [3.05, 3.63) is 12.2 Å². The van der Waals surface area contributed by atoms with Crippen molar-refractivity contribution < 1.29 is 4.79 Å². The summed E-state index contributed by atoms with van der Waals surface area (Å²) in [5.41, 5.74) is 5.75. The maximum atomic E-state index is 12.0. The Balaban J connectivity index is 1.86. The number of carbonyl (C=O) groups is 1. The molecule has 0 spiro atoms. The molecule has 3 heteroatoms. The van der Waals surface area contributed by atoms with E-state index in [1.165, 1.54) is 6.42 Å². The maximum absolute atomic E-state index is 12.0. The summed E-state index contributed by atoms with van der Waals surface area (Å²) in [4.78, 5) is 12.0. The minimum atomic E-state index is -0.00175. The smallest absolute Gasteiger partial charge is 0.227 e. The van der Waals surface area contributed by atoms with Gasteiger partial charge < -0.3 is 11.1 Å². The summed E-state index contributed by atoms with van der Waals surface area (Å²) in [7, 11) is 0. The fourth-order valence-corrected chi connectivity index (χ4v) is 2.78. The Morgan fingerprint density at radius 3 is 2.56 bits per heavy atom. The zero-order valence-electron chi connectivity index (χ0n) is 10.1. The van der Waals surface area contributed by atoms with E-state index >= 15 is 0 Å². The highest BCUT2D eigenvalue weighted by atomic mass is 16.1. The van der Waals surface area contributed by atoms with Crippen LogP contribution in [0.1, 0.15) is 33.1 Å². The molecule has 90 valence electrons. The lowest BCUT2D eigenvalue weighted by Gasteiger charge is -2.21. The van der Waals surface area contributed by atoms with E-state index in [9.17, 15) is 4.79 Å². The third-order valence-electron chi connectivity index (χ3n) is 4.25. The summed E-state index contributed by atoms with van der Waals surface area (Å²) < 4.78 is 0. The minimum absolute atomic E-state index is 0.00175. The molecule has 0 radical (unpaired) electrons. The number of amides is 1. The van der Waals surface area contributed by atoms with Crippen molar-refractivity contribution in [2.75, 3.05) is 0 Å². The molecule has 0 heterocycles. The predicted molar refractivity (Wildman–Crippen MR) is 64.7 cm³/mol. The van der Waals surface area contributed by atoms with E-state index < -0.39 is 0 Å². The van der Waals surface area contributed by atoms with Crippen LogP contribution in [0.2, 0.25) is 0 Å². The van der Waals surface area contributed by atoms with Crippen molar-refractivity contribution in [2.45, 2.75) is 45.2 Å². The molecule has 5 atom stereocenters. The van der Waals surface area contributed by atoms with E-state index in [1.807, 2.05) is 12.2 Å². The van der Waals surface area contributed by atoms with Gasteiger partial charge in [0.1, 0.15) is 0 Å². The molecule has 1 amide bonds. The first-order valence-corrected chi connectivity index (χ1v) is 6.32. The van der Waals surface area contributed by atoms with Gasteiger partial charge in [-0.15, -0.1) is 0 Å². The van der Waals surface area contributed by atoms with Gasteiger partial charge in [0.2, 0.25) is 5.91 Å². The molecule has 2 rings (SSSR count). The average Bonchev–Trinajstić information content (AvgIpc) is 2.79. The van der Waals surface area contributed by atoms with Crippen LogP contribution in [0.25, 0.3) is 0 Å². The highest BCUT2D eigenvalue weighted by Gasteiger charge is 2.32. The summed E-state index contributed by atoms with van der Waals surface area (Å²) >= 11 is 0. The number of hydrogen-bond acceptors (Lipinski definition) is 2. The molecule has 0 aliphatic heterocycles. The Kier molecular flexibility index (Phi) is 3.33.